The molecule has 0 unspecified atom stereocenters. The summed E-state index contributed by atoms with van der Waals surface area (Å²) in [6.07, 6.45) is -4.34. The second-order valence-electron chi connectivity index (χ2n) is 3.96. The van der Waals surface area contributed by atoms with Gasteiger partial charge >= 0.3 is 6.18 Å². The van der Waals surface area contributed by atoms with Crippen molar-refractivity contribution in [3.8, 4) is 5.75 Å². The lowest BCUT2D eigenvalue weighted by molar-refractivity contribution is -0.153. The van der Waals surface area contributed by atoms with Crippen LogP contribution < -0.4 is 10.1 Å². The van der Waals surface area contributed by atoms with Crippen LogP contribution >= 0.6 is 27.3 Å². The molecule has 2 nitrogen and oxygen atoms in total. The van der Waals surface area contributed by atoms with Gasteiger partial charge in [0.2, 0.25) is 0 Å². The van der Waals surface area contributed by atoms with Gasteiger partial charge in [0.25, 0.3) is 0 Å². The summed E-state index contributed by atoms with van der Waals surface area (Å²) in [5.41, 5.74) is 0.543. The topological polar surface area (TPSA) is 21.3 Å². The maximum atomic E-state index is 12.2. The van der Waals surface area contributed by atoms with Crippen LogP contribution in [0.4, 0.5) is 18.9 Å². The van der Waals surface area contributed by atoms with Crippen LogP contribution in [0.1, 0.15) is 4.88 Å². The predicted octanol–water partition coefficient (Wildman–Crippen LogP) is 5.06. The van der Waals surface area contributed by atoms with Gasteiger partial charge in [0.15, 0.2) is 6.61 Å². The number of halogens is 4. The SMILES string of the molecule is FC(F)(F)COc1ccccc1NCc1ccc(Br)s1. The summed E-state index contributed by atoms with van der Waals surface area (Å²) < 4.78 is 42.3. The van der Waals surface area contributed by atoms with Crippen LogP contribution in [-0.2, 0) is 6.54 Å². The van der Waals surface area contributed by atoms with Crippen LogP contribution in [0.5, 0.6) is 5.75 Å². The summed E-state index contributed by atoms with van der Waals surface area (Å²) in [6.45, 7) is -0.765. The van der Waals surface area contributed by atoms with Crippen LogP contribution in [0.3, 0.4) is 0 Å². The first-order valence-electron chi connectivity index (χ1n) is 5.71. The van der Waals surface area contributed by atoms with Gasteiger partial charge < -0.3 is 10.1 Å². The Morgan fingerprint density at radius 3 is 2.55 bits per heavy atom. The number of hydrogen-bond donors (Lipinski definition) is 1. The molecule has 1 N–H and O–H groups in total. The van der Waals surface area contributed by atoms with Gasteiger partial charge in [-0.25, -0.2) is 0 Å². The van der Waals surface area contributed by atoms with Crippen LogP contribution in [-0.4, -0.2) is 12.8 Å². The molecule has 0 radical (unpaired) electrons. The van der Waals surface area contributed by atoms with Gasteiger partial charge in [-0.1, -0.05) is 12.1 Å². The van der Waals surface area contributed by atoms with E-state index in [1.165, 1.54) is 6.07 Å². The van der Waals surface area contributed by atoms with Crippen molar-refractivity contribution < 1.29 is 17.9 Å². The molecule has 0 atom stereocenters. The number of nitrogens with one attached hydrogen (secondary N) is 1. The average molecular weight is 366 g/mol. The highest BCUT2D eigenvalue weighted by atomic mass is 79.9. The van der Waals surface area contributed by atoms with Crippen molar-refractivity contribution in [2.24, 2.45) is 0 Å². The van der Waals surface area contributed by atoms with Crippen molar-refractivity contribution >= 4 is 33.0 Å². The smallest absolute Gasteiger partial charge is 0.422 e. The minimum atomic E-state index is -4.34. The predicted molar refractivity (Wildman–Crippen MR) is 77.3 cm³/mol. The first-order chi connectivity index (χ1) is 9.44. The van der Waals surface area contributed by atoms with Crippen molar-refractivity contribution in [1.29, 1.82) is 0 Å². The van der Waals surface area contributed by atoms with Crippen LogP contribution in [0.25, 0.3) is 0 Å². The van der Waals surface area contributed by atoms with Crippen molar-refractivity contribution in [2.45, 2.75) is 12.7 Å². The molecule has 0 saturated heterocycles. The lowest BCUT2D eigenvalue weighted by Gasteiger charge is -2.14. The van der Waals surface area contributed by atoms with E-state index in [0.717, 1.165) is 8.66 Å². The van der Waals surface area contributed by atoms with Gasteiger partial charge in [-0.2, -0.15) is 13.2 Å². The van der Waals surface area contributed by atoms with E-state index in [9.17, 15) is 13.2 Å². The Morgan fingerprint density at radius 2 is 1.90 bits per heavy atom. The van der Waals surface area contributed by atoms with E-state index in [-0.39, 0.29) is 5.75 Å². The molecule has 0 saturated carbocycles. The van der Waals surface area contributed by atoms with E-state index in [4.69, 9.17) is 4.74 Å². The van der Waals surface area contributed by atoms with E-state index >= 15 is 0 Å². The lowest BCUT2D eigenvalue weighted by atomic mass is 10.3. The third kappa shape index (κ3) is 4.72. The maximum absolute atomic E-state index is 12.2. The largest absolute Gasteiger partial charge is 0.482 e. The molecule has 2 aromatic rings. The quantitative estimate of drug-likeness (QED) is 0.798. The van der Waals surface area contributed by atoms with Gasteiger partial charge in [0.1, 0.15) is 5.75 Å². The highest BCUT2D eigenvalue weighted by molar-refractivity contribution is 9.11. The molecule has 2 rings (SSSR count). The molecule has 0 aliphatic carbocycles. The number of ether oxygens (including phenoxy) is 1. The van der Waals surface area contributed by atoms with E-state index in [1.54, 1.807) is 29.5 Å². The zero-order valence-corrected chi connectivity index (χ0v) is 12.6. The Labute approximate surface area is 126 Å². The Balaban J connectivity index is 2.00. The molecule has 7 heteroatoms. The molecule has 0 amide bonds. The van der Waals surface area contributed by atoms with Crippen molar-refractivity contribution in [1.82, 2.24) is 0 Å². The second-order valence-corrected chi connectivity index (χ2v) is 6.51. The molecular formula is C13H11BrF3NOS. The van der Waals surface area contributed by atoms with Crippen molar-refractivity contribution in [2.75, 3.05) is 11.9 Å². The van der Waals surface area contributed by atoms with Crippen LogP contribution in [0.15, 0.2) is 40.2 Å². The number of hydrogen-bond acceptors (Lipinski definition) is 3. The first kappa shape index (κ1) is 15.2. The highest BCUT2D eigenvalue weighted by Gasteiger charge is 2.28. The van der Waals surface area contributed by atoms with Gasteiger partial charge in [-0.3, -0.25) is 0 Å². The zero-order chi connectivity index (χ0) is 14.6. The normalized spacial score (nSPS) is 11.4. The van der Waals surface area contributed by atoms with Crippen LogP contribution in [0.2, 0.25) is 0 Å². The van der Waals surface area contributed by atoms with E-state index in [0.29, 0.717) is 12.2 Å². The molecule has 0 aliphatic heterocycles. The highest BCUT2D eigenvalue weighted by Crippen LogP contribution is 2.28. The van der Waals surface area contributed by atoms with E-state index in [2.05, 4.69) is 21.2 Å². The Kier molecular flexibility index (Phi) is 4.93. The average Bonchev–Trinajstić information content (AvgIpc) is 2.80. The fourth-order valence-electron chi connectivity index (χ4n) is 1.53. The van der Waals surface area contributed by atoms with Crippen molar-refractivity contribution in [3.05, 3.63) is 45.1 Å². The molecular weight excluding hydrogens is 355 g/mol. The second kappa shape index (κ2) is 6.49. The number of alkyl halides is 3. The molecule has 0 spiro atoms. The molecule has 20 heavy (non-hydrogen) atoms. The van der Waals surface area contributed by atoms with Gasteiger partial charge in [0, 0.05) is 11.4 Å². The molecule has 0 fully saturated rings. The van der Waals surface area contributed by atoms with Gasteiger partial charge in [-0.15, -0.1) is 11.3 Å². The zero-order valence-electron chi connectivity index (χ0n) is 10.2. The number of para-hydroxylation sites is 2. The molecule has 1 aromatic carbocycles. The fourth-order valence-corrected chi connectivity index (χ4v) is 2.95. The number of rotatable bonds is 5. The Bertz CT molecular complexity index is 571. The van der Waals surface area contributed by atoms with E-state index in [1.807, 2.05) is 12.1 Å². The third-order valence-electron chi connectivity index (χ3n) is 2.36. The van der Waals surface area contributed by atoms with Gasteiger partial charge in [0.05, 0.1) is 9.47 Å². The summed E-state index contributed by atoms with van der Waals surface area (Å²) in [7, 11) is 0. The standard InChI is InChI=1S/C13H11BrF3NOS/c14-12-6-5-9(20-12)7-18-10-3-1-2-4-11(10)19-8-13(15,16)17/h1-6,18H,7-8H2. The monoisotopic (exact) mass is 365 g/mol. The number of thiophene rings is 1. The minimum Gasteiger partial charge on any atom is -0.482 e. The fraction of sp³-hybridized carbons (Fsp3) is 0.231. The lowest BCUT2D eigenvalue weighted by Crippen LogP contribution is -2.19. The molecule has 1 aromatic heterocycles. The Hall–Kier alpha value is -1.21. The van der Waals surface area contributed by atoms with Gasteiger partial charge in [-0.05, 0) is 40.2 Å². The third-order valence-corrected chi connectivity index (χ3v) is 3.98. The summed E-state index contributed by atoms with van der Waals surface area (Å²) in [5.74, 6) is 0.195. The molecule has 108 valence electrons. The maximum Gasteiger partial charge on any atom is 0.422 e. The summed E-state index contributed by atoms with van der Waals surface area (Å²) in [5, 5.41) is 3.08. The van der Waals surface area contributed by atoms with Crippen molar-refractivity contribution in [3.63, 3.8) is 0 Å². The molecule has 1 heterocycles. The van der Waals surface area contributed by atoms with Crippen LogP contribution in [0, 0.1) is 0 Å². The first-order valence-corrected chi connectivity index (χ1v) is 7.32. The number of benzene rings is 1. The minimum absolute atomic E-state index is 0.195. The summed E-state index contributed by atoms with van der Waals surface area (Å²) >= 11 is 4.92. The summed E-state index contributed by atoms with van der Waals surface area (Å²) in [6, 6.07) is 10.5. The number of anilines is 1. The summed E-state index contributed by atoms with van der Waals surface area (Å²) in [4.78, 5) is 1.07. The molecule has 0 aliphatic rings. The molecule has 0 bridgehead atoms. The van der Waals surface area contributed by atoms with E-state index < -0.39 is 12.8 Å². The Morgan fingerprint density at radius 1 is 1.15 bits per heavy atom.